The molecule has 0 radical (unpaired) electrons. The number of rotatable bonds is 2. The van der Waals surface area contributed by atoms with Crippen LogP contribution in [0.4, 0.5) is 0 Å². The van der Waals surface area contributed by atoms with Gasteiger partial charge in [0.2, 0.25) is 0 Å². The van der Waals surface area contributed by atoms with Crippen LogP contribution in [-0.2, 0) is 0 Å². The second-order valence-corrected chi connectivity index (χ2v) is 5.39. The number of halogens is 1. The molecule has 1 fully saturated rings. The van der Waals surface area contributed by atoms with E-state index in [9.17, 15) is 0 Å². The average Bonchev–Trinajstić information content (AvgIpc) is 2.68. The Morgan fingerprint density at radius 3 is 2.40 bits per heavy atom. The van der Waals surface area contributed by atoms with E-state index in [0.717, 1.165) is 4.47 Å². The third-order valence-electron chi connectivity index (χ3n) is 3.01. The van der Waals surface area contributed by atoms with Gasteiger partial charge in [-0.2, -0.15) is 0 Å². The molecule has 2 N–H and O–H groups in total. The number of hydrogen-bond acceptors (Lipinski definition) is 2. The smallest absolute Gasteiger partial charge is 0.0477 e. The lowest BCUT2D eigenvalue weighted by Gasteiger charge is -2.12. The molecule has 2 atom stereocenters. The van der Waals surface area contributed by atoms with E-state index in [1.54, 1.807) is 0 Å². The van der Waals surface area contributed by atoms with Gasteiger partial charge in [-0.1, -0.05) is 41.9 Å². The number of hydrazine groups is 1. The molecule has 2 unspecified atom stereocenters. The minimum atomic E-state index is 0.450. The van der Waals surface area contributed by atoms with Crippen molar-refractivity contribution in [1.82, 2.24) is 10.9 Å². The van der Waals surface area contributed by atoms with Crippen LogP contribution in [0.2, 0.25) is 0 Å². The summed E-state index contributed by atoms with van der Waals surface area (Å²) in [5, 5.41) is 0. The van der Waals surface area contributed by atoms with Crippen LogP contribution in [0.25, 0.3) is 0 Å². The van der Waals surface area contributed by atoms with E-state index in [1.165, 1.54) is 12.0 Å². The second kappa shape index (κ2) is 4.64. The van der Waals surface area contributed by atoms with Crippen molar-refractivity contribution in [2.75, 3.05) is 0 Å². The Hall–Kier alpha value is -0.380. The molecule has 1 saturated heterocycles. The van der Waals surface area contributed by atoms with Crippen LogP contribution in [0.5, 0.6) is 0 Å². The topological polar surface area (TPSA) is 24.1 Å². The van der Waals surface area contributed by atoms with Gasteiger partial charge in [-0.05, 0) is 30.0 Å². The third kappa shape index (κ3) is 2.60. The highest BCUT2D eigenvalue weighted by Crippen LogP contribution is 2.26. The zero-order chi connectivity index (χ0) is 10.8. The van der Waals surface area contributed by atoms with Crippen molar-refractivity contribution < 1.29 is 0 Å². The predicted molar refractivity (Wildman–Crippen MR) is 66.4 cm³/mol. The molecule has 0 bridgehead atoms. The molecular formula is C12H17BrN2. The summed E-state index contributed by atoms with van der Waals surface area (Å²) in [5.74, 6) is 0.679. The van der Waals surface area contributed by atoms with Gasteiger partial charge in [0.15, 0.2) is 0 Å². The lowest BCUT2D eigenvalue weighted by molar-refractivity contribution is 0.431. The Bertz CT molecular complexity index is 321. The molecule has 1 aliphatic rings. The van der Waals surface area contributed by atoms with Gasteiger partial charge in [0.1, 0.15) is 0 Å². The lowest BCUT2D eigenvalue weighted by Crippen LogP contribution is -2.33. The summed E-state index contributed by atoms with van der Waals surface area (Å²) in [6, 6.07) is 9.57. The van der Waals surface area contributed by atoms with Crippen LogP contribution >= 0.6 is 15.9 Å². The van der Waals surface area contributed by atoms with Gasteiger partial charge in [0.25, 0.3) is 0 Å². The van der Waals surface area contributed by atoms with Crippen molar-refractivity contribution in [3.8, 4) is 0 Å². The molecule has 0 saturated carbocycles. The number of benzene rings is 1. The quantitative estimate of drug-likeness (QED) is 0.862. The molecule has 2 rings (SSSR count). The first-order valence-electron chi connectivity index (χ1n) is 5.43. The van der Waals surface area contributed by atoms with Gasteiger partial charge in [0.05, 0.1) is 0 Å². The Kier molecular flexibility index (Phi) is 3.44. The molecule has 0 aliphatic carbocycles. The first-order valence-corrected chi connectivity index (χ1v) is 6.22. The van der Waals surface area contributed by atoms with E-state index >= 15 is 0 Å². The Balaban J connectivity index is 2.04. The molecule has 1 aromatic rings. The first kappa shape index (κ1) is 11.1. The molecule has 15 heavy (non-hydrogen) atoms. The van der Waals surface area contributed by atoms with Gasteiger partial charge in [0, 0.05) is 16.6 Å². The van der Waals surface area contributed by atoms with E-state index < -0.39 is 0 Å². The van der Waals surface area contributed by atoms with E-state index in [-0.39, 0.29) is 0 Å². The summed E-state index contributed by atoms with van der Waals surface area (Å²) in [6.07, 6.45) is 1.17. The zero-order valence-electron chi connectivity index (χ0n) is 9.13. The molecule has 1 aromatic carbocycles. The first-order chi connectivity index (χ1) is 7.16. The normalized spacial score (nSPS) is 26.1. The number of hydrogen-bond donors (Lipinski definition) is 2. The van der Waals surface area contributed by atoms with Crippen LogP contribution in [0.15, 0.2) is 28.7 Å². The summed E-state index contributed by atoms with van der Waals surface area (Å²) in [7, 11) is 0. The lowest BCUT2D eigenvalue weighted by atomic mass is 9.96. The zero-order valence-corrected chi connectivity index (χ0v) is 10.7. The highest BCUT2D eigenvalue weighted by Gasteiger charge is 2.26. The van der Waals surface area contributed by atoms with Crippen molar-refractivity contribution >= 4 is 15.9 Å². The SMILES string of the molecule is CC(C)C1CC(c2ccc(Br)cc2)NN1. The van der Waals surface area contributed by atoms with Gasteiger partial charge < -0.3 is 0 Å². The Morgan fingerprint density at radius 2 is 1.87 bits per heavy atom. The van der Waals surface area contributed by atoms with Crippen LogP contribution in [-0.4, -0.2) is 6.04 Å². The standard InChI is InChI=1S/C12H17BrN2/c1-8(2)11-7-12(15-14-11)9-3-5-10(13)6-4-9/h3-6,8,11-12,14-15H,7H2,1-2H3. The van der Waals surface area contributed by atoms with Crippen molar-refractivity contribution in [3.05, 3.63) is 34.3 Å². The van der Waals surface area contributed by atoms with E-state index in [4.69, 9.17) is 0 Å². The molecular weight excluding hydrogens is 252 g/mol. The molecule has 2 nitrogen and oxygen atoms in total. The Labute approximate surface area is 99.6 Å². The summed E-state index contributed by atoms with van der Waals surface area (Å²) >= 11 is 3.45. The highest BCUT2D eigenvalue weighted by atomic mass is 79.9. The maximum Gasteiger partial charge on any atom is 0.0477 e. The summed E-state index contributed by atoms with van der Waals surface area (Å²) in [4.78, 5) is 0. The van der Waals surface area contributed by atoms with E-state index in [1.807, 2.05) is 0 Å². The fourth-order valence-electron chi connectivity index (χ4n) is 1.93. The summed E-state index contributed by atoms with van der Waals surface area (Å²) in [5.41, 5.74) is 8.07. The summed E-state index contributed by atoms with van der Waals surface area (Å²) in [6.45, 7) is 4.51. The molecule has 0 amide bonds. The van der Waals surface area contributed by atoms with Crippen molar-refractivity contribution in [3.63, 3.8) is 0 Å². The molecule has 1 heterocycles. The van der Waals surface area contributed by atoms with Crippen LogP contribution in [0, 0.1) is 5.92 Å². The van der Waals surface area contributed by atoms with Crippen molar-refractivity contribution in [1.29, 1.82) is 0 Å². The minimum absolute atomic E-state index is 0.450. The monoisotopic (exact) mass is 268 g/mol. The Morgan fingerprint density at radius 1 is 1.20 bits per heavy atom. The van der Waals surface area contributed by atoms with Gasteiger partial charge in [-0.15, -0.1) is 0 Å². The number of nitrogens with one attached hydrogen (secondary N) is 2. The molecule has 0 aromatic heterocycles. The highest BCUT2D eigenvalue weighted by molar-refractivity contribution is 9.10. The molecule has 1 aliphatic heterocycles. The van der Waals surface area contributed by atoms with Gasteiger partial charge >= 0.3 is 0 Å². The van der Waals surface area contributed by atoms with Crippen LogP contribution < -0.4 is 10.9 Å². The van der Waals surface area contributed by atoms with Crippen molar-refractivity contribution in [2.24, 2.45) is 5.92 Å². The molecule has 0 spiro atoms. The average molecular weight is 269 g/mol. The predicted octanol–water partition coefficient (Wildman–Crippen LogP) is 3.01. The molecule has 3 heteroatoms. The second-order valence-electron chi connectivity index (χ2n) is 4.48. The molecule has 82 valence electrons. The third-order valence-corrected chi connectivity index (χ3v) is 3.54. The van der Waals surface area contributed by atoms with Gasteiger partial charge in [-0.3, -0.25) is 10.9 Å². The van der Waals surface area contributed by atoms with Crippen LogP contribution in [0.3, 0.4) is 0 Å². The maximum absolute atomic E-state index is 3.45. The minimum Gasteiger partial charge on any atom is -0.254 e. The maximum atomic E-state index is 3.45. The largest absolute Gasteiger partial charge is 0.254 e. The fraction of sp³-hybridized carbons (Fsp3) is 0.500. The fourth-order valence-corrected chi connectivity index (χ4v) is 2.20. The van der Waals surface area contributed by atoms with Crippen LogP contribution in [0.1, 0.15) is 31.9 Å². The summed E-state index contributed by atoms with van der Waals surface area (Å²) < 4.78 is 1.14. The van der Waals surface area contributed by atoms with Crippen molar-refractivity contribution in [2.45, 2.75) is 32.4 Å². The van der Waals surface area contributed by atoms with Gasteiger partial charge in [-0.25, -0.2) is 0 Å². The van der Waals surface area contributed by atoms with E-state index in [0.29, 0.717) is 18.0 Å². The van der Waals surface area contributed by atoms with E-state index in [2.05, 4.69) is 64.9 Å².